The van der Waals surface area contributed by atoms with Gasteiger partial charge in [-0.05, 0) is 25.1 Å². The molecule has 0 bridgehead atoms. The van der Waals surface area contributed by atoms with Crippen LogP contribution in [-0.2, 0) is 4.74 Å². The molecule has 0 atom stereocenters. The van der Waals surface area contributed by atoms with Crippen molar-refractivity contribution < 1.29 is 4.74 Å². The third kappa shape index (κ3) is 4.12. The summed E-state index contributed by atoms with van der Waals surface area (Å²) < 4.78 is 5.54. The van der Waals surface area contributed by atoms with Crippen molar-refractivity contribution in [1.29, 1.82) is 0 Å². The Kier molecular flexibility index (Phi) is 6.13. The van der Waals surface area contributed by atoms with E-state index in [0.717, 1.165) is 12.8 Å². The highest BCUT2D eigenvalue weighted by Crippen LogP contribution is 2.19. The van der Waals surface area contributed by atoms with Crippen molar-refractivity contribution >= 4 is 28.4 Å². The third-order valence-electron chi connectivity index (χ3n) is 1.34. The van der Waals surface area contributed by atoms with Gasteiger partial charge in [0.15, 0.2) is 0 Å². The molecular formula is C7H14OS2. The lowest BCUT2D eigenvalue weighted by Gasteiger charge is -2.10. The molecule has 0 spiro atoms. The van der Waals surface area contributed by atoms with Crippen LogP contribution in [0.1, 0.15) is 26.7 Å². The molecule has 0 saturated carbocycles. The maximum Gasteiger partial charge on any atom is 0.219 e. The van der Waals surface area contributed by atoms with Crippen LogP contribution in [0.3, 0.4) is 0 Å². The molecule has 0 aromatic heterocycles. The van der Waals surface area contributed by atoms with Gasteiger partial charge in [0.05, 0.1) is 7.11 Å². The smallest absolute Gasteiger partial charge is 0.219 e. The summed E-state index contributed by atoms with van der Waals surface area (Å²) in [5.74, 6) is 0. The van der Waals surface area contributed by atoms with E-state index in [1.807, 2.05) is 0 Å². The molecule has 0 fully saturated rings. The summed E-state index contributed by atoms with van der Waals surface area (Å²) in [6, 6.07) is 0. The first-order chi connectivity index (χ1) is 4.74. The number of ether oxygens (including phenoxy) is 1. The van der Waals surface area contributed by atoms with Gasteiger partial charge in [-0.3, -0.25) is 0 Å². The van der Waals surface area contributed by atoms with E-state index in [1.54, 1.807) is 18.9 Å². The Labute approximate surface area is 72.5 Å². The second-order valence-corrected chi connectivity index (χ2v) is 3.91. The lowest BCUT2D eigenvalue weighted by Crippen LogP contribution is -2.03. The Morgan fingerprint density at radius 2 is 2.00 bits per heavy atom. The van der Waals surface area contributed by atoms with Crippen molar-refractivity contribution in [3.63, 3.8) is 0 Å². The van der Waals surface area contributed by atoms with E-state index in [1.165, 1.54) is 0 Å². The largest absolute Gasteiger partial charge is 0.482 e. The van der Waals surface area contributed by atoms with Gasteiger partial charge in [-0.25, -0.2) is 0 Å². The SMILES string of the molecule is CCC(CC)SC(=S)OC. The fourth-order valence-electron chi connectivity index (χ4n) is 0.640. The van der Waals surface area contributed by atoms with Gasteiger partial charge in [0, 0.05) is 5.25 Å². The molecule has 0 N–H and O–H groups in total. The summed E-state index contributed by atoms with van der Waals surface area (Å²) in [4.78, 5) is 0. The first-order valence-corrected chi connectivity index (χ1v) is 4.77. The number of hydrogen-bond donors (Lipinski definition) is 0. The highest BCUT2D eigenvalue weighted by atomic mass is 32.2. The van der Waals surface area contributed by atoms with E-state index in [0.29, 0.717) is 9.63 Å². The van der Waals surface area contributed by atoms with Gasteiger partial charge >= 0.3 is 0 Å². The average molecular weight is 178 g/mol. The van der Waals surface area contributed by atoms with Crippen molar-refractivity contribution in [2.24, 2.45) is 0 Å². The summed E-state index contributed by atoms with van der Waals surface area (Å²) in [7, 11) is 1.62. The Bertz CT molecular complexity index is 99.8. The topological polar surface area (TPSA) is 9.23 Å². The Balaban J connectivity index is 3.52. The number of thioether (sulfide) groups is 1. The molecule has 10 heavy (non-hydrogen) atoms. The van der Waals surface area contributed by atoms with Crippen molar-refractivity contribution in [1.82, 2.24) is 0 Å². The minimum absolute atomic E-state index is 0.632. The minimum Gasteiger partial charge on any atom is -0.482 e. The number of hydrogen-bond acceptors (Lipinski definition) is 3. The molecule has 0 amide bonds. The quantitative estimate of drug-likeness (QED) is 0.615. The van der Waals surface area contributed by atoms with E-state index in [2.05, 4.69) is 13.8 Å². The van der Waals surface area contributed by atoms with Crippen LogP contribution in [0.2, 0.25) is 0 Å². The fourth-order valence-corrected chi connectivity index (χ4v) is 1.75. The highest BCUT2D eigenvalue weighted by molar-refractivity contribution is 8.23. The highest BCUT2D eigenvalue weighted by Gasteiger charge is 2.06. The van der Waals surface area contributed by atoms with Gasteiger partial charge < -0.3 is 4.74 Å². The number of methoxy groups -OCH3 is 1. The maximum absolute atomic E-state index is 4.90. The number of rotatable bonds is 3. The van der Waals surface area contributed by atoms with Crippen LogP contribution in [0.5, 0.6) is 0 Å². The molecule has 0 radical (unpaired) electrons. The summed E-state index contributed by atoms with van der Waals surface area (Å²) in [6.45, 7) is 4.33. The molecule has 1 nitrogen and oxygen atoms in total. The second kappa shape index (κ2) is 5.98. The van der Waals surface area contributed by atoms with Gasteiger partial charge in [-0.1, -0.05) is 25.6 Å². The van der Waals surface area contributed by atoms with Crippen molar-refractivity contribution in [3.05, 3.63) is 0 Å². The van der Waals surface area contributed by atoms with Crippen LogP contribution >= 0.6 is 24.0 Å². The van der Waals surface area contributed by atoms with E-state index < -0.39 is 0 Å². The molecule has 0 saturated heterocycles. The molecule has 0 aromatic carbocycles. The number of thiocarbonyl (C=S) groups is 1. The zero-order valence-electron chi connectivity index (χ0n) is 6.72. The monoisotopic (exact) mass is 178 g/mol. The van der Waals surface area contributed by atoms with Crippen LogP contribution < -0.4 is 0 Å². The van der Waals surface area contributed by atoms with Crippen LogP contribution in [0.4, 0.5) is 0 Å². The van der Waals surface area contributed by atoms with Crippen LogP contribution in [0.25, 0.3) is 0 Å². The van der Waals surface area contributed by atoms with E-state index in [4.69, 9.17) is 17.0 Å². The van der Waals surface area contributed by atoms with Crippen molar-refractivity contribution in [2.75, 3.05) is 7.11 Å². The standard InChI is InChI=1S/C7H14OS2/c1-4-6(5-2)10-7(9)8-3/h6H,4-5H2,1-3H3. The van der Waals surface area contributed by atoms with Crippen LogP contribution in [-0.4, -0.2) is 16.7 Å². The predicted molar refractivity (Wildman–Crippen MR) is 51.6 cm³/mol. The molecule has 3 heteroatoms. The molecule has 0 heterocycles. The first kappa shape index (κ1) is 10.2. The van der Waals surface area contributed by atoms with Crippen molar-refractivity contribution in [3.8, 4) is 0 Å². The zero-order chi connectivity index (χ0) is 7.98. The molecule has 0 aliphatic carbocycles. The van der Waals surface area contributed by atoms with Gasteiger partial charge in [0.25, 0.3) is 0 Å². The third-order valence-corrected chi connectivity index (χ3v) is 3.15. The second-order valence-electron chi connectivity index (χ2n) is 2.01. The summed E-state index contributed by atoms with van der Waals surface area (Å²) >= 11 is 6.56. The molecule has 0 aliphatic rings. The van der Waals surface area contributed by atoms with Gasteiger partial charge in [-0.2, -0.15) is 0 Å². The van der Waals surface area contributed by atoms with Gasteiger partial charge in [0.1, 0.15) is 0 Å². The molecule has 60 valence electrons. The zero-order valence-corrected chi connectivity index (χ0v) is 8.35. The van der Waals surface area contributed by atoms with Gasteiger partial charge in [0.2, 0.25) is 4.38 Å². The summed E-state index contributed by atoms with van der Waals surface area (Å²) in [6.07, 6.45) is 2.31. The Morgan fingerprint density at radius 1 is 1.50 bits per heavy atom. The molecule has 0 unspecified atom stereocenters. The lowest BCUT2D eigenvalue weighted by molar-refractivity contribution is 0.426. The first-order valence-electron chi connectivity index (χ1n) is 3.49. The maximum atomic E-state index is 4.90. The normalized spacial score (nSPS) is 10.0. The van der Waals surface area contributed by atoms with E-state index in [9.17, 15) is 0 Å². The fraction of sp³-hybridized carbons (Fsp3) is 0.857. The van der Waals surface area contributed by atoms with E-state index >= 15 is 0 Å². The molecular weight excluding hydrogens is 164 g/mol. The minimum atomic E-state index is 0.632. The molecule has 0 rings (SSSR count). The van der Waals surface area contributed by atoms with Gasteiger partial charge in [-0.15, -0.1) is 0 Å². The molecule has 0 aliphatic heterocycles. The molecule has 0 aromatic rings. The van der Waals surface area contributed by atoms with E-state index in [-0.39, 0.29) is 0 Å². The predicted octanol–water partition coefficient (Wildman–Crippen LogP) is 2.84. The van der Waals surface area contributed by atoms with Crippen LogP contribution in [0, 0.1) is 0 Å². The lowest BCUT2D eigenvalue weighted by atomic mass is 10.3. The summed E-state index contributed by atoms with van der Waals surface area (Å²) in [5.41, 5.74) is 0. The van der Waals surface area contributed by atoms with Crippen LogP contribution in [0.15, 0.2) is 0 Å². The van der Waals surface area contributed by atoms with Crippen molar-refractivity contribution in [2.45, 2.75) is 31.9 Å². The summed E-state index contributed by atoms with van der Waals surface area (Å²) in [5, 5.41) is 0.632. The Hall–Kier alpha value is 0.240. The average Bonchev–Trinajstić information content (AvgIpc) is 1.99. The Morgan fingerprint density at radius 3 is 2.30 bits per heavy atom.